The molecule has 0 N–H and O–H groups in total. The SMILES string of the molecule is COC[C@H]1CN(Cc2noc(C)n2)CC(C)(C)O1. The maximum Gasteiger partial charge on any atom is 0.223 e. The predicted molar refractivity (Wildman–Crippen MR) is 65.1 cm³/mol. The molecule has 0 unspecified atom stereocenters. The number of hydrogen-bond acceptors (Lipinski definition) is 6. The number of aryl methyl sites for hydroxylation is 1. The summed E-state index contributed by atoms with van der Waals surface area (Å²) in [5, 5.41) is 3.93. The molecule has 1 aliphatic rings. The van der Waals surface area contributed by atoms with Gasteiger partial charge in [-0.25, -0.2) is 0 Å². The molecule has 1 fully saturated rings. The Morgan fingerprint density at radius 1 is 1.50 bits per heavy atom. The molecule has 1 atom stereocenters. The Bertz CT molecular complexity index is 392. The summed E-state index contributed by atoms with van der Waals surface area (Å²) < 4.78 is 16.1. The quantitative estimate of drug-likeness (QED) is 0.800. The van der Waals surface area contributed by atoms with Gasteiger partial charge >= 0.3 is 0 Å². The van der Waals surface area contributed by atoms with Crippen LogP contribution in [0, 0.1) is 6.92 Å². The van der Waals surface area contributed by atoms with Gasteiger partial charge in [-0.05, 0) is 13.8 Å². The molecule has 2 heterocycles. The highest BCUT2D eigenvalue weighted by molar-refractivity contribution is 4.89. The summed E-state index contributed by atoms with van der Waals surface area (Å²) >= 11 is 0. The van der Waals surface area contributed by atoms with E-state index in [0.717, 1.165) is 18.9 Å². The van der Waals surface area contributed by atoms with E-state index in [1.165, 1.54) is 0 Å². The second-order valence-corrected chi connectivity index (χ2v) is 5.35. The van der Waals surface area contributed by atoms with Gasteiger partial charge in [0, 0.05) is 27.1 Å². The number of methoxy groups -OCH3 is 1. The number of ether oxygens (including phenoxy) is 2. The topological polar surface area (TPSA) is 60.6 Å². The molecule has 1 saturated heterocycles. The van der Waals surface area contributed by atoms with Crippen molar-refractivity contribution >= 4 is 0 Å². The lowest BCUT2D eigenvalue weighted by Crippen LogP contribution is -2.53. The molecule has 6 heteroatoms. The van der Waals surface area contributed by atoms with Crippen LogP contribution in [0.2, 0.25) is 0 Å². The third-order valence-corrected chi connectivity index (χ3v) is 2.84. The van der Waals surface area contributed by atoms with Crippen molar-refractivity contribution in [3.8, 4) is 0 Å². The lowest BCUT2D eigenvalue weighted by molar-refractivity contribution is -0.154. The molecule has 6 nitrogen and oxygen atoms in total. The number of aromatic nitrogens is 2. The van der Waals surface area contributed by atoms with Crippen LogP contribution in [0.25, 0.3) is 0 Å². The Labute approximate surface area is 107 Å². The van der Waals surface area contributed by atoms with Crippen molar-refractivity contribution in [2.75, 3.05) is 26.8 Å². The largest absolute Gasteiger partial charge is 0.382 e. The zero-order chi connectivity index (χ0) is 13.2. The van der Waals surface area contributed by atoms with Crippen LogP contribution in [0.4, 0.5) is 0 Å². The Kier molecular flexibility index (Phi) is 3.99. The molecule has 1 aromatic heterocycles. The van der Waals surface area contributed by atoms with Gasteiger partial charge in [-0.1, -0.05) is 5.16 Å². The fourth-order valence-electron chi connectivity index (χ4n) is 2.42. The Morgan fingerprint density at radius 2 is 2.28 bits per heavy atom. The lowest BCUT2D eigenvalue weighted by atomic mass is 10.1. The first-order chi connectivity index (χ1) is 8.48. The molecule has 0 saturated carbocycles. The Balaban J connectivity index is 1.98. The van der Waals surface area contributed by atoms with Crippen LogP contribution in [-0.2, 0) is 16.0 Å². The van der Waals surface area contributed by atoms with Crippen LogP contribution in [0.1, 0.15) is 25.6 Å². The van der Waals surface area contributed by atoms with E-state index in [1.54, 1.807) is 14.0 Å². The molecule has 102 valence electrons. The van der Waals surface area contributed by atoms with Crippen molar-refractivity contribution in [1.29, 1.82) is 0 Å². The van der Waals surface area contributed by atoms with Gasteiger partial charge in [0.1, 0.15) is 0 Å². The molecule has 0 aromatic carbocycles. The molecular weight excluding hydrogens is 234 g/mol. The van der Waals surface area contributed by atoms with Gasteiger partial charge in [0.2, 0.25) is 5.89 Å². The summed E-state index contributed by atoms with van der Waals surface area (Å²) in [7, 11) is 1.69. The maximum absolute atomic E-state index is 5.96. The molecule has 0 amide bonds. The average molecular weight is 255 g/mol. The zero-order valence-electron chi connectivity index (χ0n) is 11.5. The summed E-state index contributed by atoms with van der Waals surface area (Å²) in [4.78, 5) is 6.51. The first-order valence-corrected chi connectivity index (χ1v) is 6.17. The van der Waals surface area contributed by atoms with E-state index in [-0.39, 0.29) is 11.7 Å². The lowest BCUT2D eigenvalue weighted by Gasteiger charge is -2.42. The Morgan fingerprint density at radius 3 is 2.89 bits per heavy atom. The molecule has 0 aliphatic carbocycles. The summed E-state index contributed by atoms with van der Waals surface area (Å²) in [6.07, 6.45) is 0.0896. The standard InChI is InChI=1S/C12H21N3O3/c1-9-13-11(14-18-9)6-15-5-10(7-16-4)17-12(2,3)8-15/h10H,5-8H2,1-4H3/t10-/m1/s1. The van der Waals surface area contributed by atoms with Crippen molar-refractivity contribution in [2.45, 2.75) is 39.0 Å². The number of rotatable bonds is 4. The van der Waals surface area contributed by atoms with Crippen molar-refractivity contribution in [1.82, 2.24) is 15.0 Å². The molecule has 1 aromatic rings. The van der Waals surface area contributed by atoms with Crippen molar-refractivity contribution < 1.29 is 14.0 Å². The van der Waals surface area contributed by atoms with Crippen LogP contribution >= 0.6 is 0 Å². The number of nitrogens with zero attached hydrogens (tertiary/aromatic N) is 3. The van der Waals surface area contributed by atoms with E-state index in [1.807, 2.05) is 0 Å². The highest BCUT2D eigenvalue weighted by Crippen LogP contribution is 2.22. The first kappa shape index (κ1) is 13.5. The highest BCUT2D eigenvalue weighted by atomic mass is 16.5. The highest BCUT2D eigenvalue weighted by Gasteiger charge is 2.33. The van der Waals surface area contributed by atoms with Gasteiger partial charge in [-0.15, -0.1) is 0 Å². The van der Waals surface area contributed by atoms with E-state index >= 15 is 0 Å². The smallest absolute Gasteiger partial charge is 0.223 e. The summed E-state index contributed by atoms with van der Waals surface area (Å²) in [5.41, 5.74) is -0.180. The zero-order valence-corrected chi connectivity index (χ0v) is 11.5. The van der Waals surface area contributed by atoms with Gasteiger partial charge in [-0.3, -0.25) is 4.90 Å². The van der Waals surface area contributed by atoms with Gasteiger partial charge < -0.3 is 14.0 Å². The second kappa shape index (κ2) is 5.34. The monoisotopic (exact) mass is 255 g/mol. The van der Waals surface area contributed by atoms with E-state index in [2.05, 4.69) is 28.9 Å². The summed E-state index contributed by atoms with van der Waals surface area (Å²) in [5.74, 6) is 1.33. The maximum atomic E-state index is 5.96. The molecular formula is C12H21N3O3. The normalized spacial score (nSPS) is 24.3. The van der Waals surface area contributed by atoms with Gasteiger partial charge in [0.25, 0.3) is 0 Å². The van der Waals surface area contributed by atoms with E-state index in [0.29, 0.717) is 19.0 Å². The van der Waals surface area contributed by atoms with E-state index in [9.17, 15) is 0 Å². The summed E-state index contributed by atoms with van der Waals surface area (Å²) in [6.45, 7) is 8.93. The van der Waals surface area contributed by atoms with Crippen LogP contribution in [0.5, 0.6) is 0 Å². The molecule has 0 bridgehead atoms. The molecule has 18 heavy (non-hydrogen) atoms. The fraction of sp³-hybridized carbons (Fsp3) is 0.833. The molecule has 2 rings (SSSR count). The predicted octanol–water partition coefficient (Wildman–Crippen LogP) is 1.00. The average Bonchev–Trinajstić information content (AvgIpc) is 2.61. The van der Waals surface area contributed by atoms with Gasteiger partial charge in [-0.2, -0.15) is 4.98 Å². The van der Waals surface area contributed by atoms with Crippen LogP contribution in [-0.4, -0.2) is 53.6 Å². The molecule has 0 radical (unpaired) electrons. The van der Waals surface area contributed by atoms with Gasteiger partial charge in [0.05, 0.1) is 24.9 Å². The van der Waals surface area contributed by atoms with Crippen molar-refractivity contribution in [2.24, 2.45) is 0 Å². The third-order valence-electron chi connectivity index (χ3n) is 2.84. The molecule has 1 aliphatic heterocycles. The number of hydrogen-bond donors (Lipinski definition) is 0. The minimum absolute atomic E-state index is 0.0896. The fourth-order valence-corrected chi connectivity index (χ4v) is 2.42. The first-order valence-electron chi connectivity index (χ1n) is 6.17. The summed E-state index contributed by atoms with van der Waals surface area (Å²) in [6, 6.07) is 0. The number of morpholine rings is 1. The second-order valence-electron chi connectivity index (χ2n) is 5.35. The van der Waals surface area contributed by atoms with Crippen molar-refractivity contribution in [3.63, 3.8) is 0 Å². The van der Waals surface area contributed by atoms with E-state index < -0.39 is 0 Å². The van der Waals surface area contributed by atoms with Crippen LogP contribution < -0.4 is 0 Å². The minimum atomic E-state index is -0.180. The van der Waals surface area contributed by atoms with E-state index in [4.69, 9.17) is 14.0 Å². The van der Waals surface area contributed by atoms with Gasteiger partial charge in [0.15, 0.2) is 5.82 Å². The van der Waals surface area contributed by atoms with Crippen LogP contribution in [0.15, 0.2) is 4.52 Å². The Hall–Kier alpha value is -0.980. The van der Waals surface area contributed by atoms with Crippen LogP contribution in [0.3, 0.4) is 0 Å². The molecule has 0 spiro atoms. The minimum Gasteiger partial charge on any atom is -0.382 e. The third kappa shape index (κ3) is 3.51. The van der Waals surface area contributed by atoms with Crippen molar-refractivity contribution in [3.05, 3.63) is 11.7 Å².